The van der Waals surface area contributed by atoms with Gasteiger partial charge in [-0.2, -0.15) is 0 Å². The topological polar surface area (TPSA) is 80.6 Å². The van der Waals surface area contributed by atoms with Crippen LogP contribution in [0.15, 0.2) is 47.1 Å². The van der Waals surface area contributed by atoms with Crippen molar-refractivity contribution in [3.05, 3.63) is 54.0 Å². The molecule has 0 spiro atoms. The van der Waals surface area contributed by atoms with Gasteiger partial charge in [-0.3, -0.25) is 10.1 Å². The molecular formula is C18H22N2O4. The SMILES string of the molecule is C[C@@H](NC(=O)c1cccc(NC(=O)OC(C)(C)C)c1)c1ccco1. The molecule has 0 saturated heterocycles. The lowest BCUT2D eigenvalue weighted by Crippen LogP contribution is -2.28. The fourth-order valence-electron chi connectivity index (χ4n) is 2.05. The van der Waals surface area contributed by atoms with Crippen molar-refractivity contribution in [1.82, 2.24) is 5.32 Å². The highest BCUT2D eigenvalue weighted by Gasteiger charge is 2.17. The van der Waals surface area contributed by atoms with Crippen LogP contribution in [-0.4, -0.2) is 17.6 Å². The summed E-state index contributed by atoms with van der Waals surface area (Å²) in [5.41, 5.74) is 0.335. The third kappa shape index (κ3) is 5.15. The van der Waals surface area contributed by atoms with Gasteiger partial charge in [-0.25, -0.2) is 4.79 Å². The molecule has 128 valence electrons. The van der Waals surface area contributed by atoms with Crippen molar-refractivity contribution in [1.29, 1.82) is 0 Å². The van der Waals surface area contributed by atoms with Crippen molar-refractivity contribution in [3.8, 4) is 0 Å². The van der Waals surface area contributed by atoms with E-state index in [0.29, 0.717) is 17.0 Å². The zero-order valence-corrected chi connectivity index (χ0v) is 14.3. The number of furan rings is 1. The number of carbonyl (C=O) groups excluding carboxylic acids is 2. The standard InChI is InChI=1S/C18H22N2O4/c1-12(15-9-6-10-23-15)19-16(21)13-7-5-8-14(11-13)20-17(22)24-18(2,3)4/h5-12H,1-4H3,(H,19,21)(H,20,22)/t12-/m1/s1. The predicted octanol–water partition coefficient (Wildman–Crippen LogP) is 4.12. The van der Waals surface area contributed by atoms with E-state index in [1.54, 1.807) is 63.4 Å². The number of nitrogens with one attached hydrogen (secondary N) is 2. The highest BCUT2D eigenvalue weighted by Crippen LogP contribution is 2.16. The maximum atomic E-state index is 12.3. The number of anilines is 1. The van der Waals surface area contributed by atoms with Crippen LogP contribution in [0.4, 0.5) is 10.5 Å². The minimum atomic E-state index is -0.586. The summed E-state index contributed by atoms with van der Waals surface area (Å²) in [5.74, 6) is 0.415. The lowest BCUT2D eigenvalue weighted by molar-refractivity contribution is 0.0635. The maximum absolute atomic E-state index is 12.3. The van der Waals surface area contributed by atoms with Gasteiger partial charge in [0.2, 0.25) is 0 Å². The normalized spacial score (nSPS) is 12.3. The molecule has 2 amide bonds. The van der Waals surface area contributed by atoms with E-state index in [4.69, 9.17) is 9.15 Å². The number of benzene rings is 1. The van der Waals surface area contributed by atoms with Gasteiger partial charge in [0.05, 0.1) is 12.3 Å². The van der Waals surface area contributed by atoms with Gasteiger partial charge < -0.3 is 14.5 Å². The molecule has 1 atom stereocenters. The summed E-state index contributed by atoms with van der Waals surface area (Å²) in [6.45, 7) is 7.19. The molecule has 0 aliphatic heterocycles. The average molecular weight is 330 g/mol. The number of hydrogen-bond donors (Lipinski definition) is 2. The molecule has 0 radical (unpaired) electrons. The van der Waals surface area contributed by atoms with Crippen LogP contribution in [0.2, 0.25) is 0 Å². The monoisotopic (exact) mass is 330 g/mol. The number of ether oxygens (including phenoxy) is 1. The Morgan fingerprint density at radius 1 is 1.17 bits per heavy atom. The quantitative estimate of drug-likeness (QED) is 0.883. The minimum Gasteiger partial charge on any atom is -0.467 e. The lowest BCUT2D eigenvalue weighted by Gasteiger charge is -2.19. The molecule has 0 aliphatic rings. The van der Waals surface area contributed by atoms with Gasteiger partial charge in [-0.1, -0.05) is 6.07 Å². The molecule has 6 heteroatoms. The zero-order chi connectivity index (χ0) is 17.7. The zero-order valence-electron chi connectivity index (χ0n) is 14.3. The van der Waals surface area contributed by atoms with E-state index in [-0.39, 0.29) is 11.9 Å². The highest BCUT2D eigenvalue weighted by molar-refractivity contribution is 5.96. The van der Waals surface area contributed by atoms with Gasteiger partial charge in [-0.05, 0) is 58.0 Å². The van der Waals surface area contributed by atoms with Crippen LogP contribution in [0.25, 0.3) is 0 Å². The van der Waals surface area contributed by atoms with E-state index < -0.39 is 11.7 Å². The third-order valence-corrected chi connectivity index (χ3v) is 3.09. The van der Waals surface area contributed by atoms with E-state index in [0.717, 1.165) is 0 Å². The molecule has 1 aromatic carbocycles. The van der Waals surface area contributed by atoms with E-state index >= 15 is 0 Å². The first-order valence-electron chi connectivity index (χ1n) is 7.69. The Hall–Kier alpha value is -2.76. The Morgan fingerprint density at radius 2 is 1.92 bits per heavy atom. The molecule has 0 aliphatic carbocycles. The number of rotatable bonds is 4. The maximum Gasteiger partial charge on any atom is 0.412 e. The van der Waals surface area contributed by atoms with E-state index in [1.165, 1.54) is 0 Å². The average Bonchev–Trinajstić information content (AvgIpc) is 2.99. The predicted molar refractivity (Wildman–Crippen MR) is 90.9 cm³/mol. The molecule has 1 heterocycles. The van der Waals surface area contributed by atoms with Crippen LogP contribution in [-0.2, 0) is 4.74 Å². The van der Waals surface area contributed by atoms with Gasteiger partial charge in [0.15, 0.2) is 0 Å². The van der Waals surface area contributed by atoms with Crippen molar-refractivity contribution in [2.24, 2.45) is 0 Å². The van der Waals surface area contributed by atoms with Crippen LogP contribution < -0.4 is 10.6 Å². The summed E-state index contributed by atoms with van der Waals surface area (Å²) < 4.78 is 10.5. The van der Waals surface area contributed by atoms with Crippen LogP contribution in [0, 0.1) is 0 Å². The first kappa shape index (κ1) is 17.6. The molecule has 0 fully saturated rings. The second-order valence-electron chi connectivity index (χ2n) is 6.42. The van der Waals surface area contributed by atoms with E-state index in [2.05, 4.69) is 10.6 Å². The smallest absolute Gasteiger partial charge is 0.412 e. The summed E-state index contributed by atoms with van der Waals surface area (Å²) >= 11 is 0. The molecule has 2 N–H and O–H groups in total. The van der Waals surface area contributed by atoms with Crippen molar-refractivity contribution in [3.63, 3.8) is 0 Å². The third-order valence-electron chi connectivity index (χ3n) is 3.09. The molecule has 2 rings (SSSR count). The summed E-state index contributed by atoms with van der Waals surface area (Å²) in [7, 11) is 0. The largest absolute Gasteiger partial charge is 0.467 e. The Bertz CT molecular complexity index is 702. The summed E-state index contributed by atoms with van der Waals surface area (Å²) in [4.78, 5) is 24.1. The van der Waals surface area contributed by atoms with E-state index in [9.17, 15) is 9.59 Å². The molecule has 2 aromatic rings. The molecule has 24 heavy (non-hydrogen) atoms. The van der Waals surface area contributed by atoms with Gasteiger partial charge >= 0.3 is 6.09 Å². The molecular weight excluding hydrogens is 308 g/mol. The summed E-state index contributed by atoms with van der Waals surface area (Å²) in [6.07, 6.45) is 0.993. The van der Waals surface area contributed by atoms with Crippen molar-refractivity contribution < 1.29 is 18.7 Å². The molecule has 1 aromatic heterocycles. The Labute approximate surface area is 141 Å². The van der Waals surface area contributed by atoms with Crippen LogP contribution in [0.5, 0.6) is 0 Å². The van der Waals surface area contributed by atoms with Crippen LogP contribution in [0.3, 0.4) is 0 Å². The van der Waals surface area contributed by atoms with Gasteiger partial charge in [0.1, 0.15) is 11.4 Å². The van der Waals surface area contributed by atoms with Crippen LogP contribution in [0.1, 0.15) is 49.9 Å². The van der Waals surface area contributed by atoms with Gasteiger partial charge in [0, 0.05) is 11.3 Å². The van der Waals surface area contributed by atoms with E-state index in [1.807, 2.05) is 6.92 Å². The van der Waals surface area contributed by atoms with Crippen molar-refractivity contribution in [2.75, 3.05) is 5.32 Å². The Balaban J connectivity index is 2.01. The summed E-state index contributed by atoms with van der Waals surface area (Å²) in [5, 5.41) is 5.46. The lowest BCUT2D eigenvalue weighted by atomic mass is 10.1. The fourth-order valence-corrected chi connectivity index (χ4v) is 2.05. The Kier molecular flexibility index (Phi) is 5.28. The Morgan fingerprint density at radius 3 is 2.54 bits per heavy atom. The molecule has 0 unspecified atom stereocenters. The number of amides is 2. The van der Waals surface area contributed by atoms with Crippen molar-refractivity contribution >= 4 is 17.7 Å². The first-order valence-corrected chi connectivity index (χ1v) is 7.69. The molecule has 0 saturated carbocycles. The second-order valence-corrected chi connectivity index (χ2v) is 6.42. The van der Waals surface area contributed by atoms with Crippen LogP contribution >= 0.6 is 0 Å². The fraction of sp³-hybridized carbons (Fsp3) is 0.333. The number of hydrogen-bond acceptors (Lipinski definition) is 4. The summed E-state index contributed by atoms with van der Waals surface area (Å²) in [6, 6.07) is 9.96. The first-order chi connectivity index (χ1) is 11.2. The molecule has 0 bridgehead atoms. The molecule has 6 nitrogen and oxygen atoms in total. The number of carbonyl (C=O) groups is 2. The minimum absolute atomic E-state index is 0.255. The van der Waals surface area contributed by atoms with Gasteiger partial charge in [-0.15, -0.1) is 0 Å². The highest BCUT2D eigenvalue weighted by atomic mass is 16.6. The van der Waals surface area contributed by atoms with Gasteiger partial charge in [0.25, 0.3) is 5.91 Å². The van der Waals surface area contributed by atoms with Crippen molar-refractivity contribution in [2.45, 2.75) is 39.3 Å². The second kappa shape index (κ2) is 7.21.